The van der Waals surface area contributed by atoms with E-state index in [9.17, 15) is 4.79 Å². The van der Waals surface area contributed by atoms with Gasteiger partial charge >= 0.3 is 0 Å². The van der Waals surface area contributed by atoms with Crippen molar-refractivity contribution in [3.05, 3.63) is 50.9 Å². The second kappa shape index (κ2) is 6.95. The van der Waals surface area contributed by atoms with Crippen molar-refractivity contribution in [1.29, 1.82) is 0 Å². The lowest BCUT2D eigenvalue weighted by Crippen LogP contribution is -2.23. The van der Waals surface area contributed by atoms with Gasteiger partial charge < -0.3 is 16.4 Å². The first-order chi connectivity index (χ1) is 10.0. The number of carbonyl (C=O) groups excluding carboxylic acids is 1. The molecule has 0 fully saturated rings. The number of hydrogen-bond donors (Lipinski definition) is 3. The summed E-state index contributed by atoms with van der Waals surface area (Å²) in [4.78, 5) is 12.1. The topological polar surface area (TPSA) is 67.2 Å². The zero-order valence-electron chi connectivity index (χ0n) is 11.4. The molecule has 110 valence electrons. The molecule has 0 radical (unpaired) electrons. The maximum atomic E-state index is 12.1. The van der Waals surface area contributed by atoms with Gasteiger partial charge in [0.15, 0.2) is 0 Å². The summed E-state index contributed by atoms with van der Waals surface area (Å²) in [7, 11) is 0. The van der Waals surface area contributed by atoms with Crippen molar-refractivity contribution in [3.8, 4) is 0 Å². The zero-order chi connectivity index (χ0) is 15.4. The van der Waals surface area contributed by atoms with Crippen LogP contribution in [0.4, 0.5) is 17.1 Å². The molecule has 0 aliphatic rings. The van der Waals surface area contributed by atoms with Gasteiger partial charge in [-0.2, -0.15) is 0 Å². The van der Waals surface area contributed by atoms with E-state index in [-0.39, 0.29) is 5.91 Å². The van der Waals surface area contributed by atoms with Crippen molar-refractivity contribution < 1.29 is 4.79 Å². The van der Waals surface area contributed by atoms with E-state index in [1.54, 1.807) is 18.2 Å². The first-order valence-corrected chi connectivity index (χ1v) is 8.00. The molecule has 0 aliphatic heterocycles. The van der Waals surface area contributed by atoms with Crippen LogP contribution in [0.1, 0.15) is 17.3 Å². The molecular formula is C15H15Br2N3O. The molecule has 4 N–H and O–H groups in total. The summed E-state index contributed by atoms with van der Waals surface area (Å²) < 4.78 is 1.78. The van der Waals surface area contributed by atoms with Gasteiger partial charge in [-0.3, -0.25) is 4.79 Å². The third-order valence-electron chi connectivity index (χ3n) is 2.85. The molecule has 0 unspecified atom stereocenters. The van der Waals surface area contributed by atoms with Crippen molar-refractivity contribution in [1.82, 2.24) is 5.32 Å². The predicted octanol–water partition coefficient (Wildman–Crippen LogP) is 4.29. The summed E-state index contributed by atoms with van der Waals surface area (Å²) in [6.45, 7) is 2.45. The summed E-state index contributed by atoms with van der Waals surface area (Å²) in [5.41, 5.74) is 8.48. The summed E-state index contributed by atoms with van der Waals surface area (Å²) in [6, 6.07) is 10.9. The Kier molecular flexibility index (Phi) is 5.25. The average molecular weight is 413 g/mol. The first-order valence-electron chi connectivity index (χ1n) is 6.41. The lowest BCUT2D eigenvalue weighted by molar-refractivity contribution is 0.0956. The van der Waals surface area contributed by atoms with Gasteiger partial charge in [-0.25, -0.2) is 0 Å². The van der Waals surface area contributed by atoms with Crippen molar-refractivity contribution in [2.75, 3.05) is 17.6 Å². The molecule has 0 aliphatic carbocycles. The summed E-state index contributed by atoms with van der Waals surface area (Å²) in [6.07, 6.45) is 0. The minimum absolute atomic E-state index is 0.136. The fraction of sp³-hybridized carbons (Fsp3) is 0.133. The number of benzene rings is 2. The standard InChI is InChI=1S/C15H15Br2N3O/c1-2-19-15(21)10-7-6-9(18)8-13(10)20-14-11(16)4-3-5-12(14)17/h3-8,20H,2,18H2,1H3,(H,19,21). The van der Waals surface area contributed by atoms with E-state index in [0.29, 0.717) is 23.5 Å². The highest BCUT2D eigenvalue weighted by atomic mass is 79.9. The lowest BCUT2D eigenvalue weighted by atomic mass is 10.1. The van der Waals surface area contributed by atoms with Crippen LogP contribution in [0.2, 0.25) is 0 Å². The third-order valence-corrected chi connectivity index (χ3v) is 4.17. The molecule has 2 rings (SSSR count). The van der Waals surface area contributed by atoms with Crippen LogP contribution in [-0.4, -0.2) is 12.5 Å². The van der Waals surface area contributed by atoms with Crippen molar-refractivity contribution >= 4 is 54.8 Å². The predicted molar refractivity (Wildman–Crippen MR) is 94.0 cm³/mol. The van der Waals surface area contributed by atoms with Gasteiger partial charge in [-0.1, -0.05) is 6.07 Å². The second-order valence-electron chi connectivity index (χ2n) is 4.39. The van der Waals surface area contributed by atoms with E-state index in [2.05, 4.69) is 42.5 Å². The van der Waals surface area contributed by atoms with E-state index in [1.807, 2.05) is 25.1 Å². The van der Waals surface area contributed by atoms with E-state index in [4.69, 9.17) is 5.73 Å². The van der Waals surface area contributed by atoms with Crippen molar-refractivity contribution in [3.63, 3.8) is 0 Å². The summed E-state index contributed by atoms with van der Waals surface area (Å²) >= 11 is 6.98. The van der Waals surface area contributed by atoms with E-state index >= 15 is 0 Å². The number of nitrogen functional groups attached to an aromatic ring is 1. The molecule has 21 heavy (non-hydrogen) atoms. The Balaban J connectivity index is 2.43. The Morgan fingerprint density at radius 3 is 2.48 bits per heavy atom. The molecule has 6 heteroatoms. The van der Waals surface area contributed by atoms with Crippen LogP contribution in [0.3, 0.4) is 0 Å². The minimum atomic E-state index is -0.136. The van der Waals surface area contributed by atoms with Crippen molar-refractivity contribution in [2.24, 2.45) is 0 Å². The number of halogens is 2. The molecule has 0 bridgehead atoms. The highest BCUT2D eigenvalue weighted by molar-refractivity contribution is 9.11. The van der Waals surface area contributed by atoms with Crippen LogP contribution < -0.4 is 16.4 Å². The summed E-state index contributed by atoms with van der Waals surface area (Å²) in [5, 5.41) is 6.05. The lowest BCUT2D eigenvalue weighted by Gasteiger charge is -2.15. The van der Waals surface area contributed by atoms with Gasteiger partial charge in [-0.05, 0) is 69.1 Å². The Bertz CT molecular complexity index is 654. The molecule has 2 aromatic carbocycles. The van der Waals surface area contributed by atoms with Crippen LogP contribution in [0.5, 0.6) is 0 Å². The molecule has 0 saturated carbocycles. The van der Waals surface area contributed by atoms with Gasteiger partial charge in [0.2, 0.25) is 0 Å². The highest BCUT2D eigenvalue weighted by Crippen LogP contribution is 2.34. The smallest absolute Gasteiger partial charge is 0.253 e. The molecule has 4 nitrogen and oxygen atoms in total. The van der Waals surface area contributed by atoms with Crippen molar-refractivity contribution in [2.45, 2.75) is 6.92 Å². The largest absolute Gasteiger partial charge is 0.399 e. The molecule has 0 atom stereocenters. The Morgan fingerprint density at radius 1 is 1.19 bits per heavy atom. The van der Waals surface area contributed by atoms with Crippen LogP contribution in [0, 0.1) is 0 Å². The minimum Gasteiger partial charge on any atom is -0.399 e. The number of rotatable bonds is 4. The normalized spacial score (nSPS) is 10.2. The number of nitrogens with two attached hydrogens (primary N) is 1. The Morgan fingerprint density at radius 2 is 1.86 bits per heavy atom. The van der Waals surface area contributed by atoms with Crippen LogP contribution >= 0.6 is 31.9 Å². The number of hydrogen-bond acceptors (Lipinski definition) is 3. The van der Waals surface area contributed by atoms with Gasteiger partial charge in [0.1, 0.15) is 0 Å². The molecule has 1 amide bonds. The van der Waals surface area contributed by atoms with Crippen LogP contribution in [0.15, 0.2) is 45.3 Å². The number of nitrogens with one attached hydrogen (secondary N) is 2. The van der Waals surface area contributed by atoms with Crippen LogP contribution in [-0.2, 0) is 0 Å². The SMILES string of the molecule is CCNC(=O)c1ccc(N)cc1Nc1c(Br)cccc1Br. The second-order valence-corrected chi connectivity index (χ2v) is 6.09. The molecule has 0 spiro atoms. The van der Waals surface area contributed by atoms with E-state index < -0.39 is 0 Å². The molecule has 0 aromatic heterocycles. The van der Waals surface area contributed by atoms with Gasteiger partial charge in [0.05, 0.1) is 16.9 Å². The number of para-hydroxylation sites is 1. The monoisotopic (exact) mass is 411 g/mol. The fourth-order valence-electron chi connectivity index (χ4n) is 1.87. The Labute approximate surface area is 140 Å². The zero-order valence-corrected chi connectivity index (χ0v) is 14.6. The molecule has 0 heterocycles. The van der Waals surface area contributed by atoms with Crippen LogP contribution in [0.25, 0.3) is 0 Å². The molecule has 0 saturated heterocycles. The maximum absolute atomic E-state index is 12.1. The number of anilines is 3. The fourth-order valence-corrected chi connectivity index (χ4v) is 3.07. The third kappa shape index (κ3) is 3.77. The molecular weight excluding hydrogens is 398 g/mol. The summed E-state index contributed by atoms with van der Waals surface area (Å²) in [5.74, 6) is -0.136. The quantitative estimate of drug-likeness (QED) is 0.656. The van der Waals surface area contributed by atoms with Gasteiger partial charge in [-0.15, -0.1) is 0 Å². The first kappa shape index (κ1) is 15.9. The van der Waals surface area contributed by atoms with E-state index in [1.165, 1.54) is 0 Å². The number of carbonyl (C=O) groups is 1. The molecule has 2 aromatic rings. The van der Waals surface area contributed by atoms with Gasteiger partial charge in [0.25, 0.3) is 5.91 Å². The highest BCUT2D eigenvalue weighted by Gasteiger charge is 2.13. The Hall–Kier alpha value is -1.53. The van der Waals surface area contributed by atoms with Gasteiger partial charge in [0, 0.05) is 21.2 Å². The number of amides is 1. The average Bonchev–Trinajstić information content (AvgIpc) is 2.43. The maximum Gasteiger partial charge on any atom is 0.253 e. The van der Waals surface area contributed by atoms with E-state index in [0.717, 1.165) is 14.6 Å².